The second-order valence-electron chi connectivity index (χ2n) is 6.90. The van der Waals surface area contributed by atoms with Crippen LogP contribution in [-0.2, 0) is 13.1 Å². The Balaban J connectivity index is 1.63. The Kier molecular flexibility index (Phi) is 5.55. The summed E-state index contributed by atoms with van der Waals surface area (Å²) in [5.41, 5.74) is 8.30. The highest BCUT2D eigenvalue weighted by atomic mass is 35.5. The van der Waals surface area contributed by atoms with Crippen molar-refractivity contribution in [2.24, 2.45) is 5.73 Å². The fourth-order valence-corrected chi connectivity index (χ4v) is 3.85. The molecule has 0 bridgehead atoms. The summed E-state index contributed by atoms with van der Waals surface area (Å²) >= 11 is 12.5. The quantitative estimate of drug-likeness (QED) is 0.624. The van der Waals surface area contributed by atoms with Gasteiger partial charge in [-0.25, -0.2) is 4.79 Å². The number of aromatic nitrogens is 2. The lowest BCUT2D eigenvalue weighted by molar-refractivity contribution is 0.0997. The van der Waals surface area contributed by atoms with Gasteiger partial charge in [-0.2, -0.15) is 10.4 Å². The van der Waals surface area contributed by atoms with Crippen molar-refractivity contribution in [1.29, 1.82) is 5.26 Å². The molecule has 156 valence electrons. The van der Waals surface area contributed by atoms with E-state index in [1.807, 2.05) is 6.07 Å². The van der Waals surface area contributed by atoms with Gasteiger partial charge >= 0.3 is 6.03 Å². The Morgan fingerprint density at radius 2 is 1.87 bits per heavy atom. The minimum absolute atomic E-state index is 0.144. The van der Waals surface area contributed by atoms with Crippen molar-refractivity contribution in [2.45, 2.75) is 13.1 Å². The van der Waals surface area contributed by atoms with Crippen molar-refractivity contribution < 1.29 is 9.59 Å². The zero-order valence-electron chi connectivity index (χ0n) is 16.1. The number of nitrogens with one attached hydrogen (secondary N) is 1. The molecule has 0 radical (unpaired) electrons. The van der Waals surface area contributed by atoms with E-state index in [1.165, 1.54) is 0 Å². The predicted molar refractivity (Wildman–Crippen MR) is 117 cm³/mol. The number of amides is 3. The summed E-state index contributed by atoms with van der Waals surface area (Å²) in [6, 6.07) is 13.3. The summed E-state index contributed by atoms with van der Waals surface area (Å²) in [6.45, 7) is 0.915. The van der Waals surface area contributed by atoms with Gasteiger partial charge in [-0.1, -0.05) is 35.3 Å². The number of urea groups is 1. The van der Waals surface area contributed by atoms with E-state index in [4.69, 9.17) is 34.2 Å². The Hall–Kier alpha value is -3.54. The zero-order chi connectivity index (χ0) is 22.1. The summed E-state index contributed by atoms with van der Waals surface area (Å²) in [5, 5.41) is 16.8. The number of nitriles is 1. The molecule has 0 atom stereocenters. The number of anilines is 1. The number of carbonyl (C=O) groups is 2. The monoisotopic (exact) mass is 454 g/mol. The molecule has 3 amide bonds. The van der Waals surface area contributed by atoms with E-state index in [-0.39, 0.29) is 23.2 Å². The minimum Gasteiger partial charge on any atom is -0.365 e. The molecule has 0 saturated heterocycles. The molecule has 2 aromatic carbocycles. The van der Waals surface area contributed by atoms with E-state index in [9.17, 15) is 9.59 Å². The van der Waals surface area contributed by atoms with Crippen LogP contribution in [0.5, 0.6) is 0 Å². The summed E-state index contributed by atoms with van der Waals surface area (Å²) in [4.78, 5) is 26.6. The largest absolute Gasteiger partial charge is 0.365 e. The number of nitrogens with zero attached hydrogens (tertiary/aromatic N) is 4. The van der Waals surface area contributed by atoms with Crippen LogP contribution in [0.2, 0.25) is 10.0 Å². The van der Waals surface area contributed by atoms with E-state index < -0.39 is 5.91 Å². The fraction of sp³-hybridized carbons (Fsp3) is 0.143. The molecule has 1 aliphatic heterocycles. The number of carbonyl (C=O) groups excluding carboxylic acids is 2. The summed E-state index contributed by atoms with van der Waals surface area (Å²) < 4.78 is 1.66. The van der Waals surface area contributed by atoms with Gasteiger partial charge in [-0.15, -0.1) is 0 Å². The highest BCUT2D eigenvalue weighted by Crippen LogP contribution is 2.36. The Bertz CT molecular complexity index is 1230. The zero-order valence-corrected chi connectivity index (χ0v) is 17.6. The second-order valence-corrected chi connectivity index (χ2v) is 7.69. The van der Waals surface area contributed by atoms with Gasteiger partial charge < -0.3 is 16.0 Å². The van der Waals surface area contributed by atoms with Crippen LogP contribution in [0, 0.1) is 11.3 Å². The van der Waals surface area contributed by atoms with Crippen molar-refractivity contribution in [3.05, 3.63) is 69.3 Å². The third-order valence-electron chi connectivity index (χ3n) is 4.99. The van der Waals surface area contributed by atoms with Gasteiger partial charge in [0.15, 0.2) is 0 Å². The summed E-state index contributed by atoms with van der Waals surface area (Å²) in [5.74, 6) is -0.665. The van der Waals surface area contributed by atoms with Crippen LogP contribution in [0.3, 0.4) is 0 Å². The lowest BCUT2D eigenvalue weighted by Crippen LogP contribution is -2.41. The van der Waals surface area contributed by atoms with Crippen LogP contribution < -0.4 is 11.1 Å². The SMILES string of the molecule is N#Cc1ccc(NC(=O)N2CCn3nc(-c4cccc(Cl)c4Cl)c(C(N)=O)c3C2)cc1. The van der Waals surface area contributed by atoms with Crippen LogP contribution in [0.1, 0.15) is 21.6 Å². The van der Waals surface area contributed by atoms with Gasteiger partial charge in [0.25, 0.3) is 5.91 Å². The highest BCUT2D eigenvalue weighted by molar-refractivity contribution is 6.43. The molecule has 2 heterocycles. The van der Waals surface area contributed by atoms with Crippen LogP contribution in [0.25, 0.3) is 11.3 Å². The Morgan fingerprint density at radius 3 is 2.55 bits per heavy atom. The van der Waals surface area contributed by atoms with Crippen molar-refractivity contribution in [2.75, 3.05) is 11.9 Å². The molecule has 0 fully saturated rings. The van der Waals surface area contributed by atoms with Gasteiger partial charge in [-0.3, -0.25) is 9.48 Å². The molecule has 0 unspecified atom stereocenters. The van der Waals surface area contributed by atoms with Crippen LogP contribution in [0.4, 0.5) is 10.5 Å². The molecular weight excluding hydrogens is 439 g/mol. The maximum Gasteiger partial charge on any atom is 0.322 e. The van der Waals surface area contributed by atoms with Crippen molar-refractivity contribution in [3.63, 3.8) is 0 Å². The molecule has 1 aromatic heterocycles. The minimum atomic E-state index is -0.665. The van der Waals surface area contributed by atoms with Gasteiger partial charge in [0, 0.05) is 17.8 Å². The molecule has 3 aromatic rings. The number of fused-ring (bicyclic) bond motifs is 1. The van der Waals surface area contributed by atoms with Gasteiger partial charge in [0.1, 0.15) is 5.69 Å². The van der Waals surface area contributed by atoms with Crippen LogP contribution in [0.15, 0.2) is 42.5 Å². The molecule has 1 aliphatic rings. The molecule has 3 N–H and O–H groups in total. The maximum absolute atomic E-state index is 12.8. The number of benzene rings is 2. The summed E-state index contributed by atoms with van der Waals surface area (Å²) in [7, 11) is 0. The first-order valence-corrected chi connectivity index (χ1v) is 10.0. The predicted octanol–water partition coefficient (Wildman–Crippen LogP) is 3.88. The van der Waals surface area contributed by atoms with Crippen molar-refractivity contribution in [3.8, 4) is 17.3 Å². The normalized spacial score (nSPS) is 12.7. The van der Waals surface area contributed by atoms with Crippen molar-refractivity contribution in [1.82, 2.24) is 14.7 Å². The van der Waals surface area contributed by atoms with Gasteiger partial charge in [-0.05, 0) is 30.3 Å². The third-order valence-corrected chi connectivity index (χ3v) is 5.80. The fourth-order valence-electron chi connectivity index (χ4n) is 3.46. The average molecular weight is 455 g/mol. The Morgan fingerprint density at radius 1 is 1.13 bits per heavy atom. The van der Waals surface area contributed by atoms with E-state index in [0.717, 1.165) is 0 Å². The molecule has 4 rings (SSSR count). The molecule has 0 saturated carbocycles. The number of primary amides is 1. The smallest absolute Gasteiger partial charge is 0.322 e. The molecule has 0 aliphatic carbocycles. The maximum atomic E-state index is 12.8. The van der Waals surface area contributed by atoms with E-state index in [0.29, 0.717) is 46.3 Å². The second kappa shape index (κ2) is 8.30. The number of hydrogen-bond acceptors (Lipinski definition) is 4. The number of halogens is 2. The van der Waals surface area contributed by atoms with E-state index in [2.05, 4.69) is 10.4 Å². The average Bonchev–Trinajstić information content (AvgIpc) is 3.15. The third kappa shape index (κ3) is 3.93. The standard InChI is InChI=1S/C21H16Cl2N6O2/c22-15-3-1-2-14(18(15)23)19-17(20(25)30)16-11-28(8-9-29(16)27-19)21(31)26-13-6-4-12(10-24)5-7-13/h1-7H,8-9,11H2,(H2,25,30)(H,26,31). The van der Waals surface area contributed by atoms with Gasteiger partial charge in [0.2, 0.25) is 0 Å². The van der Waals surface area contributed by atoms with Crippen LogP contribution >= 0.6 is 23.2 Å². The molecule has 8 nitrogen and oxygen atoms in total. The lowest BCUT2D eigenvalue weighted by atomic mass is 10.0. The first-order chi connectivity index (χ1) is 14.9. The molecule has 31 heavy (non-hydrogen) atoms. The summed E-state index contributed by atoms with van der Waals surface area (Å²) in [6.07, 6.45) is 0. The topological polar surface area (TPSA) is 117 Å². The van der Waals surface area contributed by atoms with E-state index >= 15 is 0 Å². The number of hydrogen-bond donors (Lipinski definition) is 2. The number of nitrogens with two attached hydrogens (primary N) is 1. The first-order valence-electron chi connectivity index (χ1n) is 9.29. The molecular formula is C21H16Cl2N6O2. The van der Waals surface area contributed by atoms with E-state index in [1.54, 1.807) is 52.0 Å². The highest BCUT2D eigenvalue weighted by Gasteiger charge is 2.30. The Labute approximate surface area is 187 Å². The van der Waals surface area contributed by atoms with Crippen LogP contribution in [-0.4, -0.2) is 33.2 Å². The van der Waals surface area contributed by atoms with Crippen molar-refractivity contribution >= 4 is 40.8 Å². The lowest BCUT2D eigenvalue weighted by Gasteiger charge is -2.28. The molecule has 0 spiro atoms. The number of rotatable bonds is 3. The molecule has 10 heteroatoms. The first kappa shape index (κ1) is 20.7. The van der Waals surface area contributed by atoms with Gasteiger partial charge in [0.05, 0.1) is 46.0 Å².